The standard InChI is InChI=1S/C23H26F2N4O5/c1-13(22(32)28-6-2-7-28)5-8-34-23(33)26-14-11-29(12-14)15-9-17(24)20(18(25)10-15)16-3-4-19(30)27-21(16)31/h9-10,14,16H,1-8,11-12H2,(H,26,33)(H,27,30,31). The lowest BCUT2D eigenvalue weighted by Gasteiger charge is -2.41. The van der Waals surface area contributed by atoms with Crippen molar-refractivity contribution in [3.63, 3.8) is 0 Å². The minimum absolute atomic E-state index is 0.0233. The molecule has 34 heavy (non-hydrogen) atoms. The number of benzene rings is 1. The number of likely N-dealkylation sites (tertiary alicyclic amines) is 1. The van der Waals surface area contributed by atoms with E-state index >= 15 is 0 Å². The van der Waals surface area contributed by atoms with Crippen molar-refractivity contribution in [3.05, 3.63) is 41.5 Å². The molecule has 3 heterocycles. The minimum atomic E-state index is -1.05. The van der Waals surface area contributed by atoms with E-state index in [4.69, 9.17) is 4.74 Å². The Bertz CT molecular complexity index is 1010. The predicted molar refractivity (Wildman–Crippen MR) is 117 cm³/mol. The van der Waals surface area contributed by atoms with E-state index in [0.29, 0.717) is 24.4 Å². The maximum Gasteiger partial charge on any atom is 0.407 e. The van der Waals surface area contributed by atoms with Gasteiger partial charge in [-0.05, 0) is 25.0 Å². The second-order valence-corrected chi connectivity index (χ2v) is 8.71. The van der Waals surface area contributed by atoms with Gasteiger partial charge in [0.05, 0.1) is 18.6 Å². The van der Waals surface area contributed by atoms with Crippen molar-refractivity contribution < 1.29 is 32.7 Å². The van der Waals surface area contributed by atoms with E-state index in [1.54, 1.807) is 9.80 Å². The zero-order chi connectivity index (χ0) is 24.4. The van der Waals surface area contributed by atoms with Gasteiger partial charge in [0.15, 0.2) is 0 Å². The Morgan fingerprint density at radius 3 is 2.44 bits per heavy atom. The maximum atomic E-state index is 14.7. The van der Waals surface area contributed by atoms with Crippen LogP contribution in [0.15, 0.2) is 24.3 Å². The zero-order valence-corrected chi connectivity index (χ0v) is 18.6. The summed E-state index contributed by atoms with van der Waals surface area (Å²) in [6, 6.07) is 2.04. The van der Waals surface area contributed by atoms with E-state index in [-0.39, 0.29) is 43.4 Å². The molecule has 3 fully saturated rings. The molecule has 1 aromatic rings. The van der Waals surface area contributed by atoms with Gasteiger partial charge in [0.2, 0.25) is 17.7 Å². The molecule has 0 radical (unpaired) electrons. The Labute approximate surface area is 195 Å². The molecule has 2 N–H and O–H groups in total. The number of carbonyl (C=O) groups is 4. The van der Waals surface area contributed by atoms with Gasteiger partial charge in [-0.1, -0.05) is 6.58 Å². The number of anilines is 1. The van der Waals surface area contributed by atoms with Crippen LogP contribution in [-0.4, -0.2) is 67.5 Å². The van der Waals surface area contributed by atoms with Crippen LogP contribution in [0, 0.1) is 11.6 Å². The normalized spacial score (nSPS) is 20.2. The average molecular weight is 476 g/mol. The molecule has 9 nitrogen and oxygen atoms in total. The molecule has 11 heteroatoms. The summed E-state index contributed by atoms with van der Waals surface area (Å²) < 4.78 is 34.5. The summed E-state index contributed by atoms with van der Waals surface area (Å²) in [5.74, 6) is -4.04. The third-order valence-electron chi connectivity index (χ3n) is 6.30. The fourth-order valence-corrected chi connectivity index (χ4v) is 4.16. The van der Waals surface area contributed by atoms with Gasteiger partial charge < -0.3 is 19.9 Å². The lowest BCUT2D eigenvalue weighted by Crippen LogP contribution is -2.59. The minimum Gasteiger partial charge on any atom is -0.449 e. The summed E-state index contributed by atoms with van der Waals surface area (Å²) in [4.78, 5) is 50.6. The highest BCUT2D eigenvalue weighted by molar-refractivity contribution is 6.01. The number of imide groups is 1. The Balaban J connectivity index is 1.23. The third-order valence-corrected chi connectivity index (χ3v) is 6.30. The Kier molecular flexibility index (Phi) is 6.80. The Morgan fingerprint density at radius 2 is 1.85 bits per heavy atom. The van der Waals surface area contributed by atoms with Crippen LogP contribution in [0.1, 0.15) is 37.2 Å². The number of carbonyl (C=O) groups excluding carboxylic acids is 4. The topological polar surface area (TPSA) is 108 Å². The van der Waals surface area contributed by atoms with Gasteiger partial charge in [0.25, 0.3) is 0 Å². The summed E-state index contributed by atoms with van der Waals surface area (Å²) in [7, 11) is 0. The van der Waals surface area contributed by atoms with Crippen molar-refractivity contribution in [2.24, 2.45) is 0 Å². The summed E-state index contributed by atoms with van der Waals surface area (Å²) in [6.07, 6.45) is 0.668. The predicted octanol–water partition coefficient (Wildman–Crippen LogP) is 1.58. The van der Waals surface area contributed by atoms with Crippen LogP contribution in [-0.2, 0) is 19.1 Å². The van der Waals surface area contributed by atoms with Crippen LogP contribution >= 0.6 is 0 Å². The molecule has 0 bridgehead atoms. The van der Waals surface area contributed by atoms with Crippen molar-refractivity contribution in [2.45, 2.75) is 37.6 Å². The molecule has 0 aromatic heterocycles. The van der Waals surface area contributed by atoms with Crippen molar-refractivity contribution >= 4 is 29.5 Å². The largest absolute Gasteiger partial charge is 0.449 e. The van der Waals surface area contributed by atoms with E-state index in [1.165, 1.54) is 0 Å². The first-order chi connectivity index (χ1) is 16.2. The van der Waals surface area contributed by atoms with Gasteiger partial charge in [-0.2, -0.15) is 0 Å². The van der Waals surface area contributed by atoms with Crippen molar-refractivity contribution in [2.75, 3.05) is 37.7 Å². The Hall–Kier alpha value is -3.50. The first kappa shape index (κ1) is 23.7. The van der Waals surface area contributed by atoms with E-state index in [1.807, 2.05) is 0 Å². The molecule has 182 valence electrons. The highest BCUT2D eigenvalue weighted by Gasteiger charge is 2.34. The lowest BCUT2D eigenvalue weighted by molar-refractivity contribution is -0.134. The molecular weight excluding hydrogens is 450 g/mol. The molecule has 0 spiro atoms. The molecule has 0 aliphatic carbocycles. The van der Waals surface area contributed by atoms with Crippen LogP contribution in [0.2, 0.25) is 0 Å². The number of hydrogen-bond donors (Lipinski definition) is 2. The van der Waals surface area contributed by atoms with Gasteiger partial charge in [0, 0.05) is 55.8 Å². The first-order valence-electron chi connectivity index (χ1n) is 11.2. The van der Waals surface area contributed by atoms with Gasteiger partial charge in [-0.3, -0.25) is 19.7 Å². The SMILES string of the molecule is C=C(CCOC(=O)NC1CN(c2cc(F)c(C3CCC(=O)NC3=O)c(F)c2)C1)C(=O)N1CCC1. The highest BCUT2D eigenvalue weighted by Crippen LogP contribution is 2.33. The van der Waals surface area contributed by atoms with Gasteiger partial charge in [-0.25, -0.2) is 13.6 Å². The number of rotatable bonds is 7. The average Bonchev–Trinajstić information content (AvgIpc) is 2.69. The van der Waals surface area contributed by atoms with Crippen LogP contribution in [0.25, 0.3) is 0 Å². The van der Waals surface area contributed by atoms with Crippen molar-refractivity contribution in [1.82, 2.24) is 15.5 Å². The number of nitrogens with zero attached hydrogens (tertiary/aromatic N) is 2. The zero-order valence-electron chi connectivity index (χ0n) is 18.6. The fraction of sp³-hybridized carbons (Fsp3) is 0.478. The molecule has 3 aliphatic heterocycles. The van der Waals surface area contributed by atoms with Crippen LogP contribution in [0.5, 0.6) is 0 Å². The van der Waals surface area contributed by atoms with E-state index in [2.05, 4.69) is 17.2 Å². The van der Waals surface area contributed by atoms with E-state index < -0.39 is 35.5 Å². The van der Waals surface area contributed by atoms with Gasteiger partial charge >= 0.3 is 6.09 Å². The van der Waals surface area contributed by atoms with Gasteiger partial charge in [0.1, 0.15) is 11.6 Å². The monoisotopic (exact) mass is 476 g/mol. The molecular formula is C23H26F2N4O5. The third kappa shape index (κ3) is 5.02. The number of ether oxygens (including phenoxy) is 1. The van der Waals surface area contributed by atoms with Crippen molar-refractivity contribution in [3.8, 4) is 0 Å². The van der Waals surface area contributed by atoms with Crippen molar-refractivity contribution in [1.29, 1.82) is 0 Å². The molecule has 1 unspecified atom stereocenters. The number of alkyl carbamates (subject to hydrolysis) is 1. The summed E-state index contributed by atoms with van der Waals surface area (Å²) in [5.41, 5.74) is 0.340. The second kappa shape index (κ2) is 9.78. The maximum absolute atomic E-state index is 14.7. The number of halogens is 2. The Morgan fingerprint density at radius 1 is 1.18 bits per heavy atom. The summed E-state index contributed by atoms with van der Waals surface area (Å²) >= 11 is 0. The van der Waals surface area contributed by atoms with Crippen LogP contribution in [0.3, 0.4) is 0 Å². The van der Waals surface area contributed by atoms with E-state index in [0.717, 1.165) is 31.6 Å². The lowest BCUT2D eigenvalue weighted by atomic mass is 9.89. The quantitative estimate of drug-likeness (QED) is 0.457. The van der Waals surface area contributed by atoms with Crippen LogP contribution < -0.4 is 15.5 Å². The molecule has 1 atom stereocenters. The summed E-state index contributed by atoms with van der Waals surface area (Å²) in [6.45, 7) is 5.87. The molecule has 3 aliphatic rings. The molecule has 1 aromatic carbocycles. The first-order valence-corrected chi connectivity index (χ1v) is 11.2. The van der Waals surface area contributed by atoms with Gasteiger partial charge in [-0.15, -0.1) is 0 Å². The number of nitrogens with one attached hydrogen (secondary N) is 2. The number of amides is 4. The number of piperidine rings is 1. The highest BCUT2D eigenvalue weighted by atomic mass is 19.1. The smallest absolute Gasteiger partial charge is 0.407 e. The molecule has 0 saturated carbocycles. The molecule has 3 saturated heterocycles. The van der Waals surface area contributed by atoms with E-state index in [9.17, 15) is 28.0 Å². The summed E-state index contributed by atoms with van der Waals surface area (Å²) in [5, 5.41) is 4.77. The molecule has 4 rings (SSSR count). The second-order valence-electron chi connectivity index (χ2n) is 8.71. The van der Waals surface area contributed by atoms with Crippen LogP contribution in [0.4, 0.5) is 19.3 Å². The molecule has 4 amide bonds. The fourth-order valence-electron chi connectivity index (χ4n) is 4.16. The number of hydrogen-bond acceptors (Lipinski definition) is 6.